The number of urea groups is 1. The van der Waals surface area contributed by atoms with Crippen LogP contribution in [0, 0.1) is 6.92 Å². The van der Waals surface area contributed by atoms with Crippen LogP contribution in [-0.2, 0) is 0 Å². The number of carbonyl (C=O) groups is 1. The summed E-state index contributed by atoms with van der Waals surface area (Å²) >= 11 is 0. The molecule has 2 amide bonds. The Labute approximate surface area is 156 Å². The van der Waals surface area contributed by atoms with E-state index in [1.807, 2.05) is 55.5 Å². The number of hydrogen-bond donors (Lipinski definition) is 1. The maximum absolute atomic E-state index is 12.3. The van der Waals surface area contributed by atoms with E-state index < -0.39 is 0 Å². The van der Waals surface area contributed by atoms with Crippen LogP contribution >= 0.6 is 0 Å². The van der Waals surface area contributed by atoms with Gasteiger partial charge in [0.15, 0.2) is 0 Å². The monoisotopic (exact) mass is 364 g/mol. The highest BCUT2D eigenvalue weighted by Crippen LogP contribution is 2.31. The van der Waals surface area contributed by atoms with Crippen molar-refractivity contribution < 1.29 is 14.1 Å². The van der Waals surface area contributed by atoms with E-state index in [1.165, 1.54) is 0 Å². The van der Waals surface area contributed by atoms with E-state index in [2.05, 4.69) is 15.5 Å². The SMILES string of the molecule is COc1ccccc1-c1noc(C2CN(C(=O)Nc3ccc(C)cc3)C2)n1. The van der Waals surface area contributed by atoms with Gasteiger partial charge in [-0.3, -0.25) is 0 Å². The van der Waals surface area contributed by atoms with Gasteiger partial charge in [-0.1, -0.05) is 35.0 Å². The van der Waals surface area contributed by atoms with Crippen molar-refractivity contribution in [3.8, 4) is 17.1 Å². The smallest absolute Gasteiger partial charge is 0.321 e. The molecular weight excluding hydrogens is 344 g/mol. The number of aryl methyl sites for hydroxylation is 1. The molecule has 4 rings (SSSR count). The first kappa shape index (κ1) is 17.1. The third-order valence-corrected chi connectivity index (χ3v) is 4.61. The summed E-state index contributed by atoms with van der Waals surface area (Å²) in [6.45, 7) is 3.10. The largest absolute Gasteiger partial charge is 0.496 e. The molecule has 0 atom stereocenters. The Bertz CT molecular complexity index is 946. The molecule has 1 aliphatic rings. The summed E-state index contributed by atoms with van der Waals surface area (Å²) in [5, 5.41) is 6.95. The number of carbonyl (C=O) groups excluding carboxylic acids is 1. The fourth-order valence-electron chi connectivity index (χ4n) is 2.98. The first-order valence-corrected chi connectivity index (χ1v) is 8.73. The molecule has 1 saturated heterocycles. The summed E-state index contributed by atoms with van der Waals surface area (Å²) in [6, 6.07) is 15.1. The molecule has 27 heavy (non-hydrogen) atoms. The second kappa shape index (κ2) is 7.11. The number of anilines is 1. The minimum absolute atomic E-state index is 0.0460. The Morgan fingerprint density at radius 3 is 2.67 bits per heavy atom. The van der Waals surface area contributed by atoms with E-state index in [0.717, 1.165) is 16.8 Å². The highest BCUT2D eigenvalue weighted by atomic mass is 16.5. The van der Waals surface area contributed by atoms with Gasteiger partial charge in [0, 0.05) is 18.8 Å². The topological polar surface area (TPSA) is 80.5 Å². The average Bonchev–Trinajstić information content (AvgIpc) is 3.12. The van der Waals surface area contributed by atoms with Crippen LogP contribution in [0.2, 0.25) is 0 Å². The van der Waals surface area contributed by atoms with Gasteiger partial charge in [0.2, 0.25) is 11.7 Å². The average molecular weight is 364 g/mol. The molecule has 2 aromatic carbocycles. The zero-order valence-electron chi connectivity index (χ0n) is 15.2. The summed E-state index contributed by atoms with van der Waals surface area (Å²) in [5.74, 6) is 1.77. The van der Waals surface area contributed by atoms with Gasteiger partial charge < -0.3 is 19.5 Å². The van der Waals surface area contributed by atoms with Crippen molar-refractivity contribution in [1.82, 2.24) is 15.0 Å². The number of rotatable bonds is 4. The van der Waals surface area contributed by atoms with Crippen LogP contribution in [0.4, 0.5) is 10.5 Å². The van der Waals surface area contributed by atoms with Crippen LogP contribution in [0.15, 0.2) is 53.1 Å². The van der Waals surface area contributed by atoms with Crippen molar-refractivity contribution in [2.45, 2.75) is 12.8 Å². The fourth-order valence-corrected chi connectivity index (χ4v) is 2.98. The normalized spacial score (nSPS) is 13.9. The molecule has 2 heterocycles. The Morgan fingerprint density at radius 1 is 1.19 bits per heavy atom. The molecule has 0 bridgehead atoms. The Kier molecular flexibility index (Phi) is 4.50. The Hall–Kier alpha value is -3.35. The van der Waals surface area contributed by atoms with E-state index in [-0.39, 0.29) is 11.9 Å². The highest BCUT2D eigenvalue weighted by molar-refractivity contribution is 5.90. The van der Waals surface area contributed by atoms with Crippen LogP contribution in [0.1, 0.15) is 17.4 Å². The molecule has 7 heteroatoms. The maximum Gasteiger partial charge on any atom is 0.321 e. The molecule has 1 fully saturated rings. The third-order valence-electron chi connectivity index (χ3n) is 4.61. The van der Waals surface area contributed by atoms with Crippen LogP contribution in [0.5, 0.6) is 5.75 Å². The molecule has 0 spiro atoms. The number of aromatic nitrogens is 2. The molecule has 0 unspecified atom stereocenters. The number of nitrogens with zero attached hydrogens (tertiary/aromatic N) is 3. The molecular formula is C20H20N4O3. The van der Waals surface area contributed by atoms with Crippen LogP contribution in [0.25, 0.3) is 11.4 Å². The van der Waals surface area contributed by atoms with Gasteiger partial charge in [-0.2, -0.15) is 4.98 Å². The lowest BCUT2D eigenvalue weighted by molar-refractivity contribution is 0.147. The molecule has 0 saturated carbocycles. The summed E-state index contributed by atoms with van der Waals surface area (Å²) in [6.07, 6.45) is 0. The predicted octanol–water partition coefficient (Wildman–Crippen LogP) is 3.68. The standard InChI is InChI=1S/C20H20N4O3/c1-13-7-9-15(10-8-13)21-20(25)24-11-14(12-24)19-22-18(23-27-19)16-5-3-4-6-17(16)26-2/h3-10,14H,11-12H2,1-2H3,(H,21,25). The molecule has 1 aromatic heterocycles. The zero-order chi connectivity index (χ0) is 18.8. The van der Waals surface area contributed by atoms with Crippen LogP contribution in [0.3, 0.4) is 0 Å². The number of likely N-dealkylation sites (tertiary alicyclic amines) is 1. The zero-order valence-corrected chi connectivity index (χ0v) is 15.2. The lowest BCUT2D eigenvalue weighted by atomic mass is 10.0. The van der Waals surface area contributed by atoms with Crippen molar-refractivity contribution in [3.05, 3.63) is 60.0 Å². The van der Waals surface area contributed by atoms with E-state index in [1.54, 1.807) is 12.0 Å². The molecule has 1 N–H and O–H groups in total. The number of methoxy groups -OCH3 is 1. The minimum atomic E-state index is -0.125. The predicted molar refractivity (Wildman–Crippen MR) is 101 cm³/mol. The van der Waals surface area contributed by atoms with Gasteiger partial charge in [0.1, 0.15) is 5.75 Å². The van der Waals surface area contributed by atoms with Crippen molar-refractivity contribution in [3.63, 3.8) is 0 Å². The molecule has 138 valence electrons. The lowest BCUT2D eigenvalue weighted by Crippen LogP contribution is -2.50. The summed E-state index contributed by atoms with van der Waals surface area (Å²) in [7, 11) is 1.61. The molecule has 3 aromatic rings. The van der Waals surface area contributed by atoms with Gasteiger partial charge in [-0.15, -0.1) is 0 Å². The Balaban J connectivity index is 1.38. The van der Waals surface area contributed by atoms with Gasteiger partial charge >= 0.3 is 6.03 Å². The molecule has 1 aliphatic heterocycles. The molecule has 0 aliphatic carbocycles. The van der Waals surface area contributed by atoms with Crippen molar-refractivity contribution >= 4 is 11.7 Å². The number of hydrogen-bond acceptors (Lipinski definition) is 5. The van der Waals surface area contributed by atoms with Crippen molar-refractivity contribution in [1.29, 1.82) is 0 Å². The van der Waals surface area contributed by atoms with Gasteiger partial charge in [0.05, 0.1) is 18.6 Å². The highest BCUT2D eigenvalue weighted by Gasteiger charge is 2.36. The second-order valence-electron chi connectivity index (χ2n) is 6.55. The second-order valence-corrected chi connectivity index (χ2v) is 6.55. The van der Waals surface area contributed by atoms with Gasteiger partial charge in [0.25, 0.3) is 0 Å². The summed E-state index contributed by atoms with van der Waals surface area (Å²) in [4.78, 5) is 18.5. The third kappa shape index (κ3) is 3.48. The molecule has 7 nitrogen and oxygen atoms in total. The van der Waals surface area contributed by atoms with E-state index in [0.29, 0.717) is 30.6 Å². The summed E-state index contributed by atoms with van der Waals surface area (Å²) < 4.78 is 10.7. The number of amides is 2. The fraction of sp³-hybridized carbons (Fsp3) is 0.250. The van der Waals surface area contributed by atoms with Crippen molar-refractivity contribution in [2.24, 2.45) is 0 Å². The summed E-state index contributed by atoms with van der Waals surface area (Å²) in [5.41, 5.74) is 2.72. The number of benzene rings is 2. The van der Waals surface area contributed by atoms with Crippen LogP contribution in [-0.4, -0.2) is 41.3 Å². The maximum atomic E-state index is 12.3. The number of nitrogens with one attached hydrogen (secondary N) is 1. The van der Waals surface area contributed by atoms with Gasteiger partial charge in [-0.05, 0) is 31.2 Å². The number of ether oxygens (including phenoxy) is 1. The van der Waals surface area contributed by atoms with E-state index in [9.17, 15) is 4.79 Å². The van der Waals surface area contributed by atoms with E-state index >= 15 is 0 Å². The lowest BCUT2D eigenvalue weighted by Gasteiger charge is -2.36. The number of para-hydroxylation sites is 1. The van der Waals surface area contributed by atoms with E-state index in [4.69, 9.17) is 9.26 Å². The first-order chi connectivity index (χ1) is 13.1. The minimum Gasteiger partial charge on any atom is -0.496 e. The van der Waals surface area contributed by atoms with Gasteiger partial charge in [-0.25, -0.2) is 4.79 Å². The Morgan fingerprint density at radius 2 is 1.93 bits per heavy atom. The quantitative estimate of drug-likeness (QED) is 0.764. The van der Waals surface area contributed by atoms with Crippen molar-refractivity contribution in [2.75, 3.05) is 25.5 Å². The molecule has 0 radical (unpaired) electrons. The van der Waals surface area contributed by atoms with Crippen LogP contribution < -0.4 is 10.1 Å². The first-order valence-electron chi connectivity index (χ1n) is 8.73.